The highest BCUT2D eigenvalue weighted by Gasteiger charge is 2.25. The molecule has 20 heavy (non-hydrogen) atoms. The molecule has 0 saturated carbocycles. The van der Waals surface area contributed by atoms with Gasteiger partial charge < -0.3 is 16.2 Å². The number of aromatic carboxylic acids is 1. The first kappa shape index (κ1) is 15.3. The van der Waals surface area contributed by atoms with E-state index >= 15 is 0 Å². The Balaban J connectivity index is 3.10. The average Bonchev–Trinajstić information content (AvgIpc) is 2.25. The highest BCUT2D eigenvalue weighted by atomic mass is 16.6. The Morgan fingerprint density at radius 3 is 2.60 bits per heavy atom. The third-order valence-electron chi connectivity index (χ3n) is 2.39. The summed E-state index contributed by atoms with van der Waals surface area (Å²) in [5.74, 6) is -1.86. The van der Waals surface area contributed by atoms with Gasteiger partial charge in [-0.3, -0.25) is 14.9 Å². The molecule has 0 fully saturated rings. The number of carbonyl (C=O) groups excluding carboxylic acids is 1. The minimum absolute atomic E-state index is 0.00588. The lowest BCUT2D eigenvalue weighted by atomic mass is 10.0. The lowest BCUT2D eigenvalue weighted by molar-refractivity contribution is -0.385. The number of rotatable bonds is 6. The van der Waals surface area contributed by atoms with Crippen molar-refractivity contribution in [3.05, 3.63) is 27.9 Å². The predicted molar refractivity (Wildman–Crippen MR) is 69.4 cm³/mol. The Morgan fingerprint density at radius 2 is 2.15 bits per heavy atom. The molecule has 0 spiro atoms. The Kier molecular flexibility index (Phi) is 4.23. The van der Waals surface area contributed by atoms with E-state index in [1.165, 1.54) is 0 Å². The molecule has 0 aliphatic rings. The summed E-state index contributed by atoms with van der Waals surface area (Å²) in [5, 5.41) is 22.5. The number of carboxylic acid groups (broad SMARTS) is 1. The van der Waals surface area contributed by atoms with Gasteiger partial charge in [-0.1, -0.05) is 0 Å². The third-order valence-corrected chi connectivity index (χ3v) is 2.39. The van der Waals surface area contributed by atoms with E-state index in [0.717, 1.165) is 12.3 Å². The minimum Gasteiger partial charge on any atom is -0.477 e. The molecule has 0 saturated heterocycles. The van der Waals surface area contributed by atoms with Crippen LogP contribution in [0.1, 0.15) is 30.6 Å². The molecule has 1 aromatic heterocycles. The lowest BCUT2D eigenvalue weighted by Crippen LogP contribution is -2.36. The van der Waals surface area contributed by atoms with E-state index in [2.05, 4.69) is 10.3 Å². The van der Waals surface area contributed by atoms with E-state index in [0.29, 0.717) is 0 Å². The number of amides is 1. The smallest absolute Gasteiger partial charge is 0.342 e. The number of nitro groups is 1. The number of carboxylic acids is 1. The fraction of sp³-hybridized carbons (Fsp3) is 0.364. The normalized spacial score (nSPS) is 10.9. The fourth-order valence-corrected chi connectivity index (χ4v) is 1.66. The third kappa shape index (κ3) is 3.90. The number of nitrogens with zero attached hydrogens (tertiary/aromatic N) is 2. The van der Waals surface area contributed by atoms with Crippen molar-refractivity contribution in [2.75, 3.05) is 5.32 Å². The first-order valence-electron chi connectivity index (χ1n) is 5.56. The van der Waals surface area contributed by atoms with E-state index in [-0.39, 0.29) is 12.2 Å². The first-order chi connectivity index (χ1) is 9.12. The molecular formula is C11H14N4O5. The summed E-state index contributed by atoms with van der Waals surface area (Å²) >= 11 is 0. The predicted octanol–water partition coefficient (Wildman–Crippen LogP) is 0.754. The van der Waals surface area contributed by atoms with Crippen LogP contribution in [-0.4, -0.2) is 32.4 Å². The molecule has 1 amide bonds. The standard InChI is InChI=1S/C11H14N4O5/c1-11(2,4-8(12)16)14-9-3-6(10(17)18)7(5-13-9)15(19)20/h3,5H,4H2,1-2H3,(H2,12,16)(H,13,14)(H,17,18). The molecule has 4 N–H and O–H groups in total. The van der Waals surface area contributed by atoms with E-state index < -0.39 is 33.6 Å². The average molecular weight is 282 g/mol. The van der Waals surface area contributed by atoms with Gasteiger partial charge >= 0.3 is 11.7 Å². The molecule has 9 nitrogen and oxygen atoms in total. The van der Waals surface area contributed by atoms with Crippen LogP contribution in [0.15, 0.2) is 12.3 Å². The Labute approximate surface area is 114 Å². The van der Waals surface area contributed by atoms with Gasteiger partial charge in [0, 0.05) is 18.0 Å². The van der Waals surface area contributed by atoms with Gasteiger partial charge in [-0.25, -0.2) is 9.78 Å². The summed E-state index contributed by atoms with van der Waals surface area (Å²) < 4.78 is 0. The first-order valence-corrected chi connectivity index (χ1v) is 5.56. The maximum atomic E-state index is 11.0. The van der Waals surface area contributed by atoms with Crippen molar-refractivity contribution in [2.24, 2.45) is 5.73 Å². The highest BCUT2D eigenvalue weighted by molar-refractivity contribution is 5.93. The summed E-state index contributed by atoms with van der Waals surface area (Å²) in [4.78, 5) is 35.5. The summed E-state index contributed by atoms with van der Waals surface area (Å²) in [6.45, 7) is 3.34. The topological polar surface area (TPSA) is 148 Å². The van der Waals surface area contributed by atoms with Crippen LogP contribution in [0.3, 0.4) is 0 Å². The Hall–Kier alpha value is -2.71. The number of primary amides is 1. The number of nitrogens with one attached hydrogen (secondary N) is 1. The lowest BCUT2D eigenvalue weighted by Gasteiger charge is -2.25. The molecule has 0 radical (unpaired) electrons. The van der Waals surface area contributed by atoms with Crippen molar-refractivity contribution in [3.63, 3.8) is 0 Å². The van der Waals surface area contributed by atoms with E-state index in [1.807, 2.05) is 0 Å². The van der Waals surface area contributed by atoms with E-state index in [1.54, 1.807) is 13.8 Å². The van der Waals surface area contributed by atoms with E-state index in [4.69, 9.17) is 10.8 Å². The number of carbonyl (C=O) groups is 2. The SMILES string of the molecule is CC(C)(CC(N)=O)Nc1cc(C(=O)O)c([N+](=O)[O-])cn1. The van der Waals surface area contributed by atoms with Crippen LogP contribution >= 0.6 is 0 Å². The summed E-state index contributed by atoms with van der Waals surface area (Å²) in [6.07, 6.45) is 0.847. The highest BCUT2D eigenvalue weighted by Crippen LogP contribution is 2.23. The molecule has 0 aliphatic heterocycles. The van der Waals surface area contributed by atoms with Gasteiger partial charge in [-0.05, 0) is 13.8 Å². The van der Waals surface area contributed by atoms with Crippen LogP contribution in [0, 0.1) is 10.1 Å². The van der Waals surface area contributed by atoms with Crippen LogP contribution in [0.2, 0.25) is 0 Å². The van der Waals surface area contributed by atoms with Crippen LogP contribution in [-0.2, 0) is 4.79 Å². The molecule has 0 unspecified atom stereocenters. The van der Waals surface area contributed by atoms with Crippen molar-refractivity contribution in [1.29, 1.82) is 0 Å². The Morgan fingerprint density at radius 1 is 1.55 bits per heavy atom. The summed E-state index contributed by atoms with van der Waals surface area (Å²) in [7, 11) is 0. The number of pyridine rings is 1. The van der Waals surface area contributed by atoms with Crippen molar-refractivity contribution in [2.45, 2.75) is 25.8 Å². The second-order valence-corrected chi connectivity index (χ2v) is 4.80. The molecule has 1 heterocycles. The molecule has 0 bridgehead atoms. The summed E-state index contributed by atoms with van der Waals surface area (Å²) in [5.41, 5.74) is 3.25. The second kappa shape index (κ2) is 5.51. The second-order valence-electron chi connectivity index (χ2n) is 4.80. The minimum atomic E-state index is -1.44. The monoisotopic (exact) mass is 282 g/mol. The number of hydrogen-bond acceptors (Lipinski definition) is 6. The fourth-order valence-electron chi connectivity index (χ4n) is 1.66. The van der Waals surface area contributed by atoms with Gasteiger partial charge in [0.1, 0.15) is 17.6 Å². The number of hydrogen-bond donors (Lipinski definition) is 3. The zero-order valence-corrected chi connectivity index (χ0v) is 10.9. The van der Waals surface area contributed by atoms with Gasteiger partial charge in [0.2, 0.25) is 5.91 Å². The number of anilines is 1. The maximum absolute atomic E-state index is 11.0. The maximum Gasteiger partial charge on any atom is 0.342 e. The van der Waals surface area contributed by atoms with Crippen LogP contribution in [0.5, 0.6) is 0 Å². The molecular weight excluding hydrogens is 268 g/mol. The van der Waals surface area contributed by atoms with Crippen molar-refractivity contribution < 1.29 is 19.6 Å². The van der Waals surface area contributed by atoms with Crippen LogP contribution in [0.25, 0.3) is 0 Å². The van der Waals surface area contributed by atoms with Gasteiger partial charge in [-0.2, -0.15) is 0 Å². The molecule has 1 rings (SSSR count). The molecule has 0 aromatic carbocycles. The van der Waals surface area contributed by atoms with Crippen molar-refractivity contribution in [1.82, 2.24) is 4.98 Å². The number of aromatic nitrogens is 1. The van der Waals surface area contributed by atoms with Crippen molar-refractivity contribution in [3.8, 4) is 0 Å². The Bertz CT molecular complexity index is 570. The van der Waals surface area contributed by atoms with Gasteiger partial charge in [0.05, 0.1) is 4.92 Å². The van der Waals surface area contributed by atoms with Crippen LogP contribution < -0.4 is 11.1 Å². The molecule has 9 heteroatoms. The largest absolute Gasteiger partial charge is 0.477 e. The molecule has 0 atom stereocenters. The molecule has 108 valence electrons. The van der Waals surface area contributed by atoms with E-state index in [9.17, 15) is 19.7 Å². The van der Waals surface area contributed by atoms with Crippen molar-refractivity contribution >= 4 is 23.4 Å². The zero-order valence-electron chi connectivity index (χ0n) is 10.9. The van der Waals surface area contributed by atoms with Crippen LogP contribution in [0.4, 0.5) is 11.5 Å². The molecule has 1 aromatic rings. The van der Waals surface area contributed by atoms with Gasteiger partial charge in [0.25, 0.3) is 0 Å². The number of nitrogens with two attached hydrogens (primary N) is 1. The quantitative estimate of drug-likeness (QED) is 0.514. The van der Waals surface area contributed by atoms with Gasteiger partial charge in [-0.15, -0.1) is 0 Å². The molecule has 0 aliphatic carbocycles. The van der Waals surface area contributed by atoms with Gasteiger partial charge in [0.15, 0.2) is 0 Å². The summed E-state index contributed by atoms with van der Waals surface area (Å²) in [6, 6.07) is 1.04. The zero-order chi connectivity index (χ0) is 15.5.